The van der Waals surface area contributed by atoms with E-state index in [0.29, 0.717) is 22.3 Å². The zero-order chi connectivity index (χ0) is 23.9. The fraction of sp³-hybridized carbons (Fsp3) is 0.0870. The maximum atomic E-state index is 13.2. The Morgan fingerprint density at radius 3 is 2.41 bits per heavy atom. The number of benzene rings is 3. The molecule has 0 aliphatic carbocycles. The van der Waals surface area contributed by atoms with Gasteiger partial charge in [0.15, 0.2) is 5.65 Å². The van der Waals surface area contributed by atoms with Crippen molar-refractivity contribution in [2.45, 2.75) is 22.6 Å². The van der Waals surface area contributed by atoms with Crippen molar-refractivity contribution in [1.29, 1.82) is 0 Å². The second kappa shape index (κ2) is 8.10. The Morgan fingerprint density at radius 2 is 1.65 bits per heavy atom. The number of anilines is 1. The minimum Gasteiger partial charge on any atom is -0.365 e. The van der Waals surface area contributed by atoms with E-state index in [0.717, 1.165) is 12.1 Å². The molecule has 0 amide bonds. The van der Waals surface area contributed by atoms with Crippen molar-refractivity contribution < 1.29 is 21.6 Å². The number of nitrogens with zero attached hydrogens (tertiary/aromatic N) is 4. The van der Waals surface area contributed by atoms with Crippen molar-refractivity contribution in [3.05, 3.63) is 90.0 Å². The molecule has 0 radical (unpaired) electrons. The summed E-state index contributed by atoms with van der Waals surface area (Å²) in [6, 6.07) is 19.8. The average Bonchev–Trinajstić information content (AvgIpc) is 3.28. The lowest BCUT2D eigenvalue weighted by molar-refractivity contribution is -0.137. The van der Waals surface area contributed by atoms with Crippen LogP contribution in [-0.4, -0.2) is 28.2 Å². The summed E-state index contributed by atoms with van der Waals surface area (Å²) in [5, 5.41) is 11.2. The van der Waals surface area contributed by atoms with Gasteiger partial charge in [0.1, 0.15) is 5.82 Å². The first-order chi connectivity index (χ1) is 16.2. The second-order valence-corrected chi connectivity index (χ2v) is 9.34. The van der Waals surface area contributed by atoms with Gasteiger partial charge in [-0.3, -0.25) is 0 Å². The molecule has 1 N–H and O–H groups in total. The van der Waals surface area contributed by atoms with Crippen LogP contribution in [0.2, 0.25) is 0 Å². The lowest BCUT2D eigenvalue weighted by Crippen LogP contribution is -2.09. The van der Waals surface area contributed by atoms with E-state index < -0.39 is 21.6 Å². The Morgan fingerprint density at radius 1 is 0.912 bits per heavy atom. The summed E-state index contributed by atoms with van der Waals surface area (Å²) in [6.07, 6.45) is -4.45. The predicted octanol–water partition coefficient (Wildman–Crippen LogP) is 4.74. The van der Waals surface area contributed by atoms with Gasteiger partial charge in [-0.25, -0.2) is 13.4 Å². The number of aromatic nitrogens is 4. The van der Waals surface area contributed by atoms with E-state index in [1.807, 2.05) is 0 Å². The molecule has 5 rings (SSSR count). The Kier molecular flexibility index (Phi) is 5.20. The van der Waals surface area contributed by atoms with Crippen LogP contribution in [-0.2, 0) is 22.6 Å². The van der Waals surface area contributed by atoms with Crippen LogP contribution < -0.4 is 5.32 Å². The maximum Gasteiger partial charge on any atom is 0.416 e. The SMILES string of the molecule is O=S(=O)(c1ccccc1)c1nnn2c1nc(NCc1cccc(C(F)(F)F)c1)c1ccccc12. The molecule has 7 nitrogen and oxygen atoms in total. The monoisotopic (exact) mass is 483 g/mol. The number of hydrogen-bond acceptors (Lipinski definition) is 6. The molecule has 2 aromatic heterocycles. The van der Waals surface area contributed by atoms with Gasteiger partial charge in [0.05, 0.1) is 16.0 Å². The molecule has 0 saturated carbocycles. The molecule has 34 heavy (non-hydrogen) atoms. The number of halogens is 3. The topological polar surface area (TPSA) is 89.2 Å². The molecule has 0 aliphatic heterocycles. The number of fused-ring (bicyclic) bond motifs is 3. The highest BCUT2D eigenvalue weighted by molar-refractivity contribution is 7.91. The summed E-state index contributed by atoms with van der Waals surface area (Å²) in [6.45, 7) is 0.0411. The van der Waals surface area contributed by atoms with Gasteiger partial charge < -0.3 is 5.32 Å². The smallest absolute Gasteiger partial charge is 0.365 e. The Balaban J connectivity index is 1.60. The highest BCUT2D eigenvalue weighted by Gasteiger charge is 2.30. The summed E-state index contributed by atoms with van der Waals surface area (Å²) >= 11 is 0. The van der Waals surface area contributed by atoms with Crippen LogP contribution >= 0.6 is 0 Å². The number of nitrogens with one attached hydrogen (secondary N) is 1. The molecule has 3 aromatic carbocycles. The molecule has 0 fully saturated rings. The van der Waals surface area contributed by atoms with Crippen LogP contribution in [0.1, 0.15) is 11.1 Å². The lowest BCUT2D eigenvalue weighted by Gasteiger charge is -2.12. The quantitative estimate of drug-likeness (QED) is 0.388. The molecule has 0 atom stereocenters. The molecule has 0 spiro atoms. The summed E-state index contributed by atoms with van der Waals surface area (Å²) in [5.74, 6) is 0.298. The van der Waals surface area contributed by atoms with E-state index in [1.54, 1.807) is 48.5 Å². The van der Waals surface area contributed by atoms with Crippen molar-refractivity contribution in [2.24, 2.45) is 0 Å². The predicted molar refractivity (Wildman–Crippen MR) is 119 cm³/mol. The van der Waals surface area contributed by atoms with Crippen LogP contribution in [0.25, 0.3) is 16.6 Å². The number of alkyl halides is 3. The first-order valence-electron chi connectivity index (χ1n) is 10.1. The van der Waals surface area contributed by atoms with E-state index in [2.05, 4.69) is 20.6 Å². The third kappa shape index (κ3) is 3.83. The van der Waals surface area contributed by atoms with Crippen LogP contribution in [0, 0.1) is 0 Å². The van der Waals surface area contributed by atoms with Crippen molar-refractivity contribution in [3.63, 3.8) is 0 Å². The third-order valence-electron chi connectivity index (χ3n) is 5.24. The van der Waals surface area contributed by atoms with Crippen molar-refractivity contribution in [1.82, 2.24) is 19.8 Å². The standard InChI is InChI=1S/C23H16F3N5O2S/c24-23(25,26)16-8-6-7-15(13-16)14-27-20-18-11-4-5-12-19(18)31-21(28-20)22(29-30-31)34(32,33)17-9-2-1-3-10-17/h1-13H,14H2,(H,27,28). The first kappa shape index (κ1) is 21.8. The highest BCUT2D eigenvalue weighted by atomic mass is 32.2. The molecular formula is C23H16F3N5O2S. The Bertz CT molecular complexity index is 1620. The summed E-state index contributed by atoms with van der Waals surface area (Å²) < 4.78 is 66.9. The van der Waals surface area contributed by atoms with Gasteiger partial charge >= 0.3 is 6.18 Å². The van der Waals surface area contributed by atoms with E-state index in [9.17, 15) is 21.6 Å². The summed E-state index contributed by atoms with van der Waals surface area (Å²) in [5.41, 5.74) is 0.191. The van der Waals surface area contributed by atoms with Crippen LogP contribution in [0.15, 0.2) is 88.8 Å². The molecule has 0 aliphatic rings. The zero-order valence-electron chi connectivity index (χ0n) is 17.4. The van der Waals surface area contributed by atoms with Crippen molar-refractivity contribution in [2.75, 3.05) is 5.32 Å². The number of rotatable bonds is 5. The first-order valence-corrected chi connectivity index (χ1v) is 11.6. The van der Waals surface area contributed by atoms with Crippen LogP contribution in [0.4, 0.5) is 19.0 Å². The fourth-order valence-corrected chi connectivity index (χ4v) is 4.86. The molecule has 0 bridgehead atoms. The van der Waals surface area contributed by atoms with Crippen molar-refractivity contribution in [3.8, 4) is 0 Å². The second-order valence-electron chi connectivity index (χ2n) is 7.48. The van der Waals surface area contributed by atoms with E-state index in [-0.39, 0.29) is 22.1 Å². The summed E-state index contributed by atoms with van der Waals surface area (Å²) in [4.78, 5) is 4.51. The summed E-state index contributed by atoms with van der Waals surface area (Å²) in [7, 11) is -4.01. The van der Waals surface area contributed by atoms with Crippen LogP contribution in [0.3, 0.4) is 0 Å². The van der Waals surface area contributed by atoms with Gasteiger partial charge in [0.25, 0.3) is 0 Å². The zero-order valence-corrected chi connectivity index (χ0v) is 18.2. The highest BCUT2D eigenvalue weighted by Crippen LogP contribution is 2.31. The Labute approximate surface area is 191 Å². The largest absolute Gasteiger partial charge is 0.416 e. The van der Waals surface area contributed by atoms with E-state index in [1.165, 1.54) is 22.7 Å². The van der Waals surface area contributed by atoms with Gasteiger partial charge in [-0.2, -0.15) is 17.7 Å². The molecule has 5 aromatic rings. The minimum absolute atomic E-state index is 0.00842. The van der Waals surface area contributed by atoms with Gasteiger partial charge in [-0.15, -0.1) is 5.10 Å². The van der Waals surface area contributed by atoms with Gasteiger partial charge in [0.2, 0.25) is 14.9 Å². The molecular weight excluding hydrogens is 467 g/mol. The van der Waals surface area contributed by atoms with Crippen LogP contribution in [0.5, 0.6) is 0 Å². The molecule has 0 saturated heterocycles. The number of sulfone groups is 1. The fourth-order valence-electron chi connectivity index (χ4n) is 3.61. The van der Waals surface area contributed by atoms with Gasteiger partial charge in [0, 0.05) is 11.9 Å². The number of para-hydroxylation sites is 1. The van der Waals surface area contributed by atoms with E-state index >= 15 is 0 Å². The van der Waals surface area contributed by atoms with E-state index in [4.69, 9.17) is 0 Å². The van der Waals surface area contributed by atoms with Crippen molar-refractivity contribution >= 4 is 32.2 Å². The normalized spacial score (nSPS) is 12.3. The lowest BCUT2D eigenvalue weighted by atomic mass is 10.1. The Hall–Kier alpha value is -3.99. The maximum absolute atomic E-state index is 13.2. The molecule has 2 heterocycles. The molecule has 172 valence electrons. The van der Waals surface area contributed by atoms with Gasteiger partial charge in [-0.1, -0.05) is 47.7 Å². The average molecular weight is 483 g/mol. The molecule has 11 heteroatoms. The molecule has 0 unspecified atom stereocenters. The number of hydrogen-bond donors (Lipinski definition) is 1. The third-order valence-corrected chi connectivity index (χ3v) is 6.91. The van der Waals surface area contributed by atoms with Gasteiger partial charge in [-0.05, 0) is 42.0 Å². The minimum atomic E-state index is -4.45.